The standard InChI is InChI=1S/C12H16INO4S/c1-3-9-6-10(19-18-17-16)4-5-11(9)12(15)14-8(2)7-13/h4-6,8,16H,3,7H2,1-2H3,(H,14,15). The van der Waals surface area contributed by atoms with Gasteiger partial charge in [0.2, 0.25) is 0 Å². The Hall–Kier alpha value is -0.350. The fourth-order valence-corrected chi connectivity index (χ4v) is 2.17. The second kappa shape index (κ2) is 8.75. The molecule has 0 aliphatic rings. The molecule has 5 nitrogen and oxygen atoms in total. The van der Waals surface area contributed by atoms with Crippen LogP contribution >= 0.6 is 34.6 Å². The number of nitrogens with one attached hydrogen (secondary N) is 1. The van der Waals surface area contributed by atoms with Gasteiger partial charge in [-0.25, -0.2) is 5.26 Å². The van der Waals surface area contributed by atoms with E-state index in [0.29, 0.717) is 5.56 Å². The molecule has 1 amide bonds. The topological polar surface area (TPSA) is 67.8 Å². The highest BCUT2D eigenvalue weighted by atomic mass is 127. The lowest BCUT2D eigenvalue weighted by molar-refractivity contribution is -0.432. The highest BCUT2D eigenvalue weighted by Gasteiger charge is 2.13. The van der Waals surface area contributed by atoms with Gasteiger partial charge in [0.1, 0.15) is 0 Å². The number of hydrogen-bond acceptors (Lipinski definition) is 5. The molecular formula is C12H16INO4S. The molecule has 19 heavy (non-hydrogen) atoms. The highest BCUT2D eigenvalue weighted by molar-refractivity contribution is 14.1. The molecule has 1 aromatic rings. The molecule has 0 radical (unpaired) electrons. The van der Waals surface area contributed by atoms with Crippen LogP contribution in [0.5, 0.6) is 0 Å². The Morgan fingerprint density at radius 1 is 1.58 bits per heavy atom. The van der Waals surface area contributed by atoms with E-state index < -0.39 is 0 Å². The van der Waals surface area contributed by atoms with Crippen molar-refractivity contribution in [1.82, 2.24) is 5.32 Å². The third-order valence-corrected chi connectivity index (χ3v) is 4.37. The van der Waals surface area contributed by atoms with Crippen molar-refractivity contribution in [3.8, 4) is 0 Å². The molecule has 0 aromatic heterocycles. The van der Waals surface area contributed by atoms with Gasteiger partial charge in [-0.3, -0.25) is 4.79 Å². The Bertz CT molecular complexity index is 430. The van der Waals surface area contributed by atoms with Gasteiger partial charge in [-0.15, -0.1) is 4.33 Å². The van der Waals surface area contributed by atoms with E-state index in [4.69, 9.17) is 5.26 Å². The molecule has 1 atom stereocenters. The van der Waals surface area contributed by atoms with Crippen molar-refractivity contribution in [2.45, 2.75) is 31.2 Å². The lowest BCUT2D eigenvalue weighted by Gasteiger charge is -2.13. The van der Waals surface area contributed by atoms with Crippen LogP contribution in [0.4, 0.5) is 0 Å². The number of aryl methyl sites for hydroxylation is 1. The van der Waals surface area contributed by atoms with Crippen LogP contribution in [0, 0.1) is 0 Å². The van der Waals surface area contributed by atoms with Gasteiger partial charge in [-0.2, -0.15) is 0 Å². The normalized spacial score (nSPS) is 12.2. The van der Waals surface area contributed by atoms with Crippen molar-refractivity contribution in [2.75, 3.05) is 4.43 Å². The first-order chi connectivity index (χ1) is 9.12. The molecule has 0 fully saturated rings. The number of benzene rings is 1. The van der Waals surface area contributed by atoms with Crippen LogP contribution in [0.2, 0.25) is 0 Å². The minimum Gasteiger partial charge on any atom is -0.349 e. The van der Waals surface area contributed by atoms with Crippen molar-refractivity contribution in [3.63, 3.8) is 0 Å². The molecule has 106 valence electrons. The molecule has 7 heteroatoms. The average molecular weight is 397 g/mol. The maximum atomic E-state index is 12.1. The van der Waals surface area contributed by atoms with Crippen LogP contribution in [0.3, 0.4) is 0 Å². The van der Waals surface area contributed by atoms with E-state index in [1.165, 1.54) is 0 Å². The predicted octanol–water partition coefficient (Wildman–Crippen LogP) is 3.23. The van der Waals surface area contributed by atoms with Crippen LogP contribution in [0.15, 0.2) is 23.1 Å². The van der Waals surface area contributed by atoms with E-state index >= 15 is 0 Å². The lowest BCUT2D eigenvalue weighted by Crippen LogP contribution is -2.34. The Balaban J connectivity index is 2.86. The number of carbonyl (C=O) groups is 1. The number of rotatable bonds is 7. The molecule has 1 aromatic carbocycles. The van der Waals surface area contributed by atoms with E-state index in [-0.39, 0.29) is 11.9 Å². The molecule has 0 aliphatic heterocycles. The molecule has 1 rings (SSSR count). The summed E-state index contributed by atoms with van der Waals surface area (Å²) in [6, 6.07) is 5.47. The second-order valence-corrected chi connectivity index (χ2v) is 5.58. The minimum absolute atomic E-state index is 0.0723. The maximum absolute atomic E-state index is 12.1. The molecule has 0 aliphatic carbocycles. The summed E-state index contributed by atoms with van der Waals surface area (Å²) in [5, 5.41) is 14.6. The summed E-state index contributed by atoms with van der Waals surface area (Å²) < 4.78 is 5.23. The third-order valence-electron chi connectivity index (χ3n) is 2.47. The fraction of sp³-hybridized carbons (Fsp3) is 0.417. The Morgan fingerprint density at radius 2 is 2.32 bits per heavy atom. The number of hydrogen-bond donors (Lipinski definition) is 2. The van der Waals surface area contributed by atoms with Gasteiger partial charge in [0.25, 0.3) is 5.91 Å². The quantitative estimate of drug-likeness (QED) is 0.243. The monoisotopic (exact) mass is 397 g/mol. The highest BCUT2D eigenvalue weighted by Crippen LogP contribution is 2.23. The van der Waals surface area contributed by atoms with Gasteiger partial charge in [0.05, 0.1) is 12.0 Å². The van der Waals surface area contributed by atoms with Crippen LogP contribution in [0.1, 0.15) is 29.8 Å². The number of amides is 1. The summed E-state index contributed by atoms with van der Waals surface area (Å²) in [5.41, 5.74) is 1.58. The van der Waals surface area contributed by atoms with E-state index in [9.17, 15) is 4.79 Å². The van der Waals surface area contributed by atoms with Crippen molar-refractivity contribution >= 4 is 40.5 Å². The first-order valence-corrected chi connectivity index (χ1v) is 8.03. The Labute approximate surface area is 130 Å². The number of alkyl halides is 1. The molecule has 0 heterocycles. The van der Waals surface area contributed by atoms with Gasteiger partial charge >= 0.3 is 0 Å². The number of halogens is 1. The van der Waals surface area contributed by atoms with Crippen LogP contribution in [-0.2, 0) is 15.8 Å². The fourth-order valence-electron chi connectivity index (χ4n) is 1.53. The van der Waals surface area contributed by atoms with Crippen LogP contribution in [0.25, 0.3) is 0 Å². The first-order valence-electron chi connectivity index (χ1n) is 5.76. The van der Waals surface area contributed by atoms with Gasteiger partial charge < -0.3 is 5.32 Å². The summed E-state index contributed by atoms with van der Waals surface area (Å²) in [4.78, 5) is 12.9. The molecule has 0 saturated carbocycles. The smallest absolute Gasteiger partial charge is 0.251 e. The largest absolute Gasteiger partial charge is 0.349 e. The van der Waals surface area contributed by atoms with Gasteiger partial charge in [-0.05, 0) is 37.1 Å². The Morgan fingerprint density at radius 3 is 2.89 bits per heavy atom. The summed E-state index contributed by atoms with van der Waals surface area (Å²) >= 11 is 3.12. The number of carbonyl (C=O) groups excluding carboxylic acids is 1. The second-order valence-electron chi connectivity index (χ2n) is 3.93. The van der Waals surface area contributed by atoms with E-state index in [2.05, 4.69) is 37.3 Å². The molecule has 0 saturated heterocycles. The molecule has 2 N–H and O–H groups in total. The van der Waals surface area contributed by atoms with Crippen molar-refractivity contribution in [2.24, 2.45) is 0 Å². The minimum atomic E-state index is -0.0723. The van der Waals surface area contributed by atoms with Gasteiger partial charge in [0.15, 0.2) is 0 Å². The molecule has 1 unspecified atom stereocenters. The molecule has 0 bridgehead atoms. The Kier molecular flexibility index (Phi) is 7.69. The van der Waals surface area contributed by atoms with E-state index in [1.54, 1.807) is 12.1 Å². The molecular weight excluding hydrogens is 381 g/mol. The lowest BCUT2D eigenvalue weighted by atomic mass is 10.0. The predicted molar refractivity (Wildman–Crippen MR) is 82.3 cm³/mol. The summed E-state index contributed by atoms with van der Waals surface area (Å²) in [5.74, 6) is -0.0723. The zero-order chi connectivity index (χ0) is 14.3. The SMILES string of the molecule is CCc1cc(SOOO)ccc1C(=O)NC(C)CI. The van der Waals surface area contributed by atoms with Crippen molar-refractivity contribution < 1.29 is 19.4 Å². The van der Waals surface area contributed by atoms with Crippen molar-refractivity contribution in [3.05, 3.63) is 29.3 Å². The van der Waals surface area contributed by atoms with E-state index in [0.717, 1.165) is 33.4 Å². The van der Waals surface area contributed by atoms with Gasteiger partial charge in [-0.1, -0.05) is 34.6 Å². The van der Waals surface area contributed by atoms with Crippen LogP contribution < -0.4 is 5.32 Å². The summed E-state index contributed by atoms with van der Waals surface area (Å²) in [7, 11) is 0. The maximum Gasteiger partial charge on any atom is 0.251 e. The van der Waals surface area contributed by atoms with Gasteiger partial charge in [0, 0.05) is 20.9 Å². The first kappa shape index (κ1) is 16.7. The third kappa shape index (κ3) is 5.27. The van der Waals surface area contributed by atoms with Crippen molar-refractivity contribution in [1.29, 1.82) is 0 Å². The van der Waals surface area contributed by atoms with E-state index in [1.807, 2.05) is 19.9 Å². The van der Waals surface area contributed by atoms with Crippen LogP contribution in [-0.4, -0.2) is 21.6 Å². The summed E-state index contributed by atoms with van der Waals surface area (Å²) in [6.07, 6.45) is 0.732. The average Bonchev–Trinajstić information content (AvgIpc) is 2.44. The zero-order valence-electron chi connectivity index (χ0n) is 10.7. The molecule has 0 spiro atoms. The summed E-state index contributed by atoms with van der Waals surface area (Å²) in [6.45, 7) is 3.94. The zero-order valence-corrected chi connectivity index (χ0v) is 13.7.